The van der Waals surface area contributed by atoms with Gasteiger partial charge < -0.3 is 5.73 Å². The molecule has 0 fully saturated rings. The Kier molecular flexibility index (Phi) is 2.14. The van der Waals surface area contributed by atoms with Crippen molar-refractivity contribution in [1.29, 1.82) is 0 Å². The standard InChI is InChI=1S/C9H9FN4/c10-8-3-1-2-7(4-8)5-14-6-12-9(11)13-14/h1-4,6H,5H2,(H2,11,13). The Morgan fingerprint density at radius 2 is 2.29 bits per heavy atom. The van der Waals surface area contributed by atoms with Gasteiger partial charge in [-0.3, -0.25) is 0 Å². The second-order valence-corrected chi connectivity index (χ2v) is 2.93. The predicted octanol–water partition coefficient (Wildman–Crippen LogP) is 1.05. The normalized spacial score (nSPS) is 10.4. The number of nitrogens with zero attached hydrogens (tertiary/aromatic N) is 3. The minimum Gasteiger partial charge on any atom is -0.367 e. The van der Waals surface area contributed by atoms with Crippen molar-refractivity contribution in [1.82, 2.24) is 14.8 Å². The quantitative estimate of drug-likeness (QED) is 0.773. The van der Waals surface area contributed by atoms with Crippen molar-refractivity contribution in [3.05, 3.63) is 42.0 Å². The van der Waals surface area contributed by atoms with Gasteiger partial charge in [0.15, 0.2) is 0 Å². The molecule has 2 aromatic rings. The van der Waals surface area contributed by atoms with Crippen LogP contribution < -0.4 is 5.73 Å². The summed E-state index contributed by atoms with van der Waals surface area (Å²) in [6.07, 6.45) is 1.51. The van der Waals surface area contributed by atoms with Crippen molar-refractivity contribution in [2.45, 2.75) is 6.54 Å². The molecule has 0 amide bonds. The van der Waals surface area contributed by atoms with Gasteiger partial charge in [-0.2, -0.15) is 0 Å². The van der Waals surface area contributed by atoms with E-state index in [-0.39, 0.29) is 11.8 Å². The van der Waals surface area contributed by atoms with Gasteiger partial charge in [0.1, 0.15) is 12.1 Å². The molecule has 1 aromatic heterocycles. The van der Waals surface area contributed by atoms with Crippen molar-refractivity contribution in [2.24, 2.45) is 0 Å². The fraction of sp³-hybridized carbons (Fsp3) is 0.111. The molecule has 0 atom stereocenters. The van der Waals surface area contributed by atoms with Gasteiger partial charge in [0.25, 0.3) is 0 Å². The van der Waals surface area contributed by atoms with E-state index in [9.17, 15) is 4.39 Å². The van der Waals surface area contributed by atoms with Crippen LogP contribution in [0.3, 0.4) is 0 Å². The Morgan fingerprint density at radius 1 is 1.43 bits per heavy atom. The molecule has 2 N–H and O–H groups in total. The van der Waals surface area contributed by atoms with Crippen LogP contribution in [-0.2, 0) is 6.54 Å². The summed E-state index contributed by atoms with van der Waals surface area (Å²) in [7, 11) is 0. The highest BCUT2D eigenvalue weighted by Crippen LogP contribution is 2.05. The monoisotopic (exact) mass is 192 g/mol. The molecule has 0 bridgehead atoms. The highest BCUT2D eigenvalue weighted by atomic mass is 19.1. The third-order valence-electron chi connectivity index (χ3n) is 1.79. The Balaban J connectivity index is 2.18. The van der Waals surface area contributed by atoms with Crippen LogP contribution in [0.4, 0.5) is 10.3 Å². The number of nitrogen functional groups attached to an aromatic ring is 1. The summed E-state index contributed by atoms with van der Waals surface area (Å²) in [5.41, 5.74) is 6.17. The van der Waals surface area contributed by atoms with Crippen molar-refractivity contribution in [3.63, 3.8) is 0 Å². The lowest BCUT2D eigenvalue weighted by atomic mass is 10.2. The molecule has 0 saturated carbocycles. The molecule has 0 unspecified atom stereocenters. The van der Waals surface area contributed by atoms with E-state index in [0.717, 1.165) is 5.56 Å². The molecule has 14 heavy (non-hydrogen) atoms. The van der Waals surface area contributed by atoms with E-state index in [1.807, 2.05) is 6.07 Å². The molecule has 2 rings (SSSR count). The van der Waals surface area contributed by atoms with Gasteiger partial charge in [-0.25, -0.2) is 14.1 Å². The smallest absolute Gasteiger partial charge is 0.239 e. The van der Waals surface area contributed by atoms with Crippen molar-refractivity contribution >= 4 is 5.95 Å². The third kappa shape index (κ3) is 1.87. The number of anilines is 1. The van der Waals surface area contributed by atoms with Gasteiger partial charge >= 0.3 is 0 Å². The molecule has 0 spiro atoms. The second-order valence-electron chi connectivity index (χ2n) is 2.93. The molecule has 0 saturated heterocycles. The number of nitrogens with two attached hydrogens (primary N) is 1. The van der Waals surface area contributed by atoms with Gasteiger partial charge in [-0.05, 0) is 17.7 Å². The molecule has 72 valence electrons. The van der Waals surface area contributed by atoms with Crippen LogP contribution in [0.2, 0.25) is 0 Å². The summed E-state index contributed by atoms with van der Waals surface area (Å²) >= 11 is 0. The zero-order valence-electron chi connectivity index (χ0n) is 7.39. The van der Waals surface area contributed by atoms with Crippen molar-refractivity contribution < 1.29 is 4.39 Å². The van der Waals surface area contributed by atoms with Crippen molar-refractivity contribution in [2.75, 3.05) is 5.73 Å². The van der Waals surface area contributed by atoms with Gasteiger partial charge in [-0.1, -0.05) is 12.1 Å². The molecule has 5 heteroatoms. The van der Waals surface area contributed by atoms with Gasteiger partial charge in [0.05, 0.1) is 6.54 Å². The molecule has 4 nitrogen and oxygen atoms in total. The average molecular weight is 192 g/mol. The zero-order valence-corrected chi connectivity index (χ0v) is 7.39. The molecular formula is C9H9FN4. The van der Waals surface area contributed by atoms with E-state index in [0.29, 0.717) is 6.54 Å². The zero-order chi connectivity index (χ0) is 9.97. The maximum atomic E-state index is 12.8. The highest BCUT2D eigenvalue weighted by Gasteiger charge is 1.98. The molecule has 1 aromatic carbocycles. The number of hydrogen-bond acceptors (Lipinski definition) is 3. The molecular weight excluding hydrogens is 183 g/mol. The molecule has 0 aliphatic carbocycles. The summed E-state index contributed by atoms with van der Waals surface area (Å²) in [5.74, 6) is -0.0306. The number of halogens is 1. The van der Waals surface area contributed by atoms with E-state index in [1.165, 1.54) is 18.5 Å². The Labute approximate surface area is 80.2 Å². The second kappa shape index (κ2) is 3.45. The van der Waals surface area contributed by atoms with Gasteiger partial charge in [-0.15, -0.1) is 5.10 Å². The lowest BCUT2D eigenvalue weighted by molar-refractivity contribution is 0.619. The molecule has 1 heterocycles. The number of rotatable bonds is 2. The number of benzene rings is 1. The first-order valence-corrected chi connectivity index (χ1v) is 4.13. The van der Waals surface area contributed by atoms with Crippen LogP contribution in [0.1, 0.15) is 5.56 Å². The van der Waals surface area contributed by atoms with Crippen LogP contribution in [-0.4, -0.2) is 14.8 Å². The van der Waals surface area contributed by atoms with Crippen LogP contribution >= 0.6 is 0 Å². The largest absolute Gasteiger partial charge is 0.367 e. The van der Waals surface area contributed by atoms with Crippen LogP contribution in [0.5, 0.6) is 0 Å². The summed E-state index contributed by atoms with van der Waals surface area (Å²) in [4.78, 5) is 3.77. The fourth-order valence-corrected chi connectivity index (χ4v) is 1.21. The Bertz CT molecular complexity index is 438. The molecule has 0 radical (unpaired) electrons. The lowest BCUT2D eigenvalue weighted by Gasteiger charge is -2.00. The first-order valence-electron chi connectivity index (χ1n) is 4.13. The molecule has 0 aliphatic heterocycles. The summed E-state index contributed by atoms with van der Waals surface area (Å²) in [6, 6.07) is 6.34. The Hall–Kier alpha value is -1.91. The molecule has 0 aliphatic rings. The summed E-state index contributed by atoms with van der Waals surface area (Å²) < 4.78 is 14.4. The predicted molar refractivity (Wildman–Crippen MR) is 49.9 cm³/mol. The maximum absolute atomic E-state index is 12.8. The van der Waals surface area contributed by atoms with Gasteiger partial charge in [0, 0.05) is 0 Å². The van der Waals surface area contributed by atoms with Crippen molar-refractivity contribution in [3.8, 4) is 0 Å². The van der Waals surface area contributed by atoms with E-state index in [1.54, 1.807) is 10.7 Å². The third-order valence-corrected chi connectivity index (χ3v) is 1.79. The SMILES string of the molecule is Nc1ncn(Cc2cccc(F)c2)n1. The average Bonchev–Trinajstić information content (AvgIpc) is 2.51. The van der Waals surface area contributed by atoms with E-state index in [4.69, 9.17) is 5.73 Å². The van der Waals surface area contributed by atoms with E-state index >= 15 is 0 Å². The van der Waals surface area contributed by atoms with Crippen LogP contribution in [0.15, 0.2) is 30.6 Å². The summed E-state index contributed by atoms with van der Waals surface area (Å²) in [6.45, 7) is 0.474. The minimum atomic E-state index is -0.254. The fourth-order valence-electron chi connectivity index (χ4n) is 1.21. The summed E-state index contributed by atoms with van der Waals surface area (Å²) in [5, 5.41) is 3.90. The topological polar surface area (TPSA) is 56.7 Å². The number of aromatic nitrogens is 3. The number of hydrogen-bond donors (Lipinski definition) is 1. The first-order chi connectivity index (χ1) is 6.74. The highest BCUT2D eigenvalue weighted by molar-refractivity contribution is 5.17. The minimum absolute atomic E-state index is 0.224. The first kappa shape index (κ1) is 8.68. The van der Waals surface area contributed by atoms with Crippen LogP contribution in [0, 0.1) is 5.82 Å². The van der Waals surface area contributed by atoms with Gasteiger partial charge in [0.2, 0.25) is 5.95 Å². The van der Waals surface area contributed by atoms with E-state index < -0.39 is 0 Å². The Morgan fingerprint density at radius 3 is 2.93 bits per heavy atom. The lowest BCUT2D eigenvalue weighted by Crippen LogP contribution is -2.01. The maximum Gasteiger partial charge on any atom is 0.239 e. The van der Waals surface area contributed by atoms with Crippen LogP contribution in [0.25, 0.3) is 0 Å². The van der Waals surface area contributed by atoms with E-state index in [2.05, 4.69) is 10.1 Å².